The first-order valence-electron chi connectivity index (χ1n) is 9.50. The molecule has 6 nitrogen and oxygen atoms in total. The number of aliphatic imine (C=N–C) groups is 1. The molecule has 0 aliphatic heterocycles. The van der Waals surface area contributed by atoms with Gasteiger partial charge in [-0.15, -0.1) is 0 Å². The molecule has 0 heterocycles. The highest BCUT2D eigenvalue weighted by molar-refractivity contribution is 7.99. The van der Waals surface area contributed by atoms with Crippen LogP contribution in [0.5, 0.6) is 5.75 Å². The maximum Gasteiger partial charge on any atom is 0.258 e. The van der Waals surface area contributed by atoms with Crippen LogP contribution in [-0.4, -0.2) is 48.6 Å². The van der Waals surface area contributed by atoms with Crippen molar-refractivity contribution in [2.75, 3.05) is 26.0 Å². The summed E-state index contributed by atoms with van der Waals surface area (Å²) in [5.41, 5.74) is 1.04. The monoisotopic (exact) mass is 392 g/mol. The molecular formula is C20H32N4O2S. The second kappa shape index (κ2) is 10.4. The molecule has 0 unspecified atom stereocenters. The minimum absolute atomic E-state index is 0.0528. The standard InChI is InChI=1S/C20H32N4O2S/c1-5-21-19(23-14-20(2,3)27-4)22-12-15-7-6-8-17(11-15)26-13-18(25)24-16-9-10-16/h6-8,11,16H,5,9-10,12-14H2,1-4H3,(H,24,25)(H2,21,22,23). The Morgan fingerprint density at radius 1 is 1.33 bits per heavy atom. The summed E-state index contributed by atoms with van der Waals surface area (Å²) in [6, 6.07) is 8.09. The molecule has 1 aromatic rings. The number of carbonyl (C=O) groups is 1. The number of hydrogen-bond acceptors (Lipinski definition) is 4. The minimum Gasteiger partial charge on any atom is -0.484 e. The first-order chi connectivity index (χ1) is 12.9. The summed E-state index contributed by atoms with van der Waals surface area (Å²) in [6.07, 6.45) is 4.27. The lowest BCUT2D eigenvalue weighted by atomic mass is 10.2. The molecule has 0 bridgehead atoms. The molecule has 7 heteroatoms. The molecule has 0 saturated heterocycles. The summed E-state index contributed by atoms with van der Waals surface area (Å²) < 4.78 is 5.75. The fourth-order valence-electron chi connectivity index (χ4n) is 2.26. The van der Waals surface area contributed by atoms with Gasteiger partial charge in [0.2, 0.25) is 0 Å². The van der Waals surface area contributed by atoms with Crippen molar-refractivity contribution in [3.05, 3.63) is 29.8 Å². The van der Waals surface area contributed by atoms with E-state index in [0.29, 0.717) is 18.3 Å². The zero-order valence-electron chi connectivity index (χ0n) is 16.8. The molecule has 1 aromatic carbocycles. The van der Waals surface area contributed by atoms with Crippen molar-refractivity contribution < 1.29 is 9.53 Å². The Bertz CT molecular complexity index is 645. The van der Waals surface area contributed by atoms with E-state index in [2.05, 4.69) is 48.0 Å². The Morgan fingerprint density at radius 2 is 2.11 bits per heavy atom. The van der Waals surface area contributed by atoms with Crippen molar-refractivity contribution in [2.24, 2.45) is 4.99 Å². The van der Waals surface area contributed by atoms with E-state index in [4.69, 9.17) is 4.74 Å². The van der Waals surface area contributed by atoms with Crippen LogP contribution in [0.15, 0.2) is 29.3 Å². The van der Waals surface area contributed by atoms with E-state index in [9.17, 15) is 4.79 Å². The van der Waals surface area contributed by atoms with Crippen LogP contribution < -0.4 is 20.7 Å². The van der Waals surface area contributed by atoms with Gasteiger partial charge in [0.05, 0.1) is 6.54 Å². The average molecular weight is 393 g/mol. The molecule has 0 aromatic heterocycles. The largest absolute Gasteiger partial charge is 0.484 e. The third kappa shape index (κ3) is 8.56. The number of guanidine groups is 1. The Labute approximate surface area is 166 Å². The van der Waals surface area contributed by atoms with Crippen LogP contribution in [0, 0.1) is 0 Å². The van der Waals surface area contributed by atoms with Crippen LogP contribution in [0.4, 0.5) is 0 Å². The van der Waals surface area contributed by atoms with Crippen LogP contribution >= 0.6 is 11.8 Å². The molecule has 2 rings (SSSR count). The topological polar surface area (TPSA) is 74.8 Å². The van der Waals surface area contributed by atoms with Crippen molar-refractivity contribution in [3.8, 4) is 5.75 Å². The third-order valence-electron chi connectivity index (χ3n) is 4.21. The van der Waals surface area contributed by atoms with Gasteiger partial charge < -0.3 is 20.7 Å². The number of amides is 1. The summed E-state index contributed by atoms with van der Waals surface area (Å²) in [5.74, 6) is 1.43. The fraction of sp³-hybridized carbons (Fsp3) is 0.600. The lowest BCUT2D eigenvalue weighted by Crippen LogP contribution is -2.43. The van der Waals surface area contributed by atoms with Crippen molar-refractivity contribution in [1.82, 2.24) is 16.0 Å². The molecule has 1 aliphatic rings. The number of rotatable bonds is 10. The molecule has 3 N–H and O–H groups in total. The molecule has 0 atom stereocenters. The van der Waals surface area contributed by atoms with Gasteiger partial charge in [0.1, 0.15) is 5.75 Å². The summed E-state index contributed by atoms with van der Waals surface area (Å²) in [5, 5.41) is 9.59. The first-order valence-corrected chi connectivity index (χ1v) is 10.7. The number of nitrogens with zero attached hydrogens (tertiary/aromatic N) is 1. The van der Waals surface area contributed by atoms with Crippen LogP contribution in [0.25, 0.3) is 0 Å². The van der Waals surface area contributed by atoms with Gasteiger partial charge in [0.25, 0.3) is 5.91 Å². The molecule has 1 saturated carbocycles. The van der Waals surface area contributed by atoms with Gasteiger partial charge in [-0.2, -0.15) is 11.8 Å². The zero-order chi connectivity index (χ0) is 19.7. The predicted octanol–water partition coefficient (Wildman–Crippen LogP) is 2.54. The smallest absolute Gasteiger partial charge is 0.258 e. The van der Waals surface area contributed by atoms with Gasteiger partial charge in [-0.3, -0.25) is 4.79 Å². The third-order valence-corrected chi connectivity index (χ3v) is 5.46. The SMILES string of the molecule is CCNC(=NCc1cccc(OCC(=O)NC2CC2)c1)NCC(C)(C)SC. The second-order valence-electron chi connectivity index (χ2n) is 7.29. The maximum absolute atomic E-state index is 11.7. The maximum atomic E-state index is 11.7. The number of thioether (sulfide) groups is 1. The summed E-state index contributed by atoms with van der Waals surface area (Å²) in [7, 11) is 0. The van der Waals surface area contributed by atoms with E-state index in [1.807, 2.05) is 36.0 Å². The Hall–Kier alpha value is -1.89. The molecule has 0 radical (unpaired) electrons. The van der Waals surface area contributed by atoms with Crippen molar-refractivity contribution >= 4 is 23.6 Å². The predicted molar refractivity (Wildman–Crippen MR) is 114 cm³/mol. The average Bonchev–Trinajstić information content (AvgIpc) is 3.46. The van der Waals surface area contributed by atoms with Crippen molar-refractivity contribution in [2.45, 2.75) is 50.9 Å². The van der Waals surface area contributed by atoms with E-state index in [0.717, 1.165) is 37.5 Å². The zero-order valence-corrected chi connectivity index (χ0v) is 17.6. The van der Waals surface area contributed by atoms with Crippen LogP contribution in [0.3, 0.4) is 0 Å². The fourth-order valence-corrected chi connectivity index (χ4v) is 2.48. The van der Waals surface area contributed by atoms with Gasteiger partial charge in [0.15, 0.2) is 12.6 Å². The molecule has 1 aliphatic carbocycles. The van der Waals surface area contributed by atoms with Gasteiger partial charge in [-0.25, -0.2) is 4.99 Å². The number of carbonyl (C=O) groups excluding carboxylic acids is 1. The molecule has 1 fully saturated rings. The normalized spacial score (nSPS) is 14.6. The summed E-state index contributed by atoms with van der Waals surface area (Å²) >= 11 is 1.82. The minimum atomic E-state index is -0.0593. The lowest BCUT2D eigenvalue weighted by Gasteiger charge is -2.23. The van der Waals surface area contributed by atoms with E-state index < -0.39 is 0 Å². The summed E-state index contributed by atoms with van der Waals surface area (Å²) in [6.45, 7) is 8.70. The first kappa shape index (κ1) is 21.4. The molecule has 27 heavy (non-hydrogen) atoms. The number of benzene rings is 1. The highest BCUT2D eigenvalue weighted by Crippen LogP contribution is 2.20. The van der Waals surface area contributed by atoms with Crippen LogP contribution in [0.1, 0.15) is 39.2 Å². The van der Waals surface area contributed by atoms with Gasteiger partial charge in [0, 0.05) is 23.9 Å². The van der Waals surface area contributed by atoms with E-state index in [1.165, 1.54) is 0 Å². The molecule has 0 spiro atoms. The molecule has 150 valence electrons. The summed E-state index contributed by atoms with van der Waals surface area (Å²) in [4.78, 5) is 16.4. The van der Waals surface area contributed by atoms with Crippen LogP contribution in [-0.2, 0) is 11.3 Å². The van der Waals surface area contributed by atoms with Crippen molar-refractivity contribution in [1.29, 1.82) is 0 Å². The molecular weight excluding hydrogens is 360 g/mol. The highest BCUT2D eigenvalue weighted by Gasteiger charge is 2.23. The number of nitrogens with one attached hydrogen (secondary N) is 3. The van der Waals surface area contributed by atoms with Gasteiger partial charge in [-0.05, 0) is 57.6 Å². The second-order valence-corrected chi connectivity index (χ2v) is 8.80. The van der Waals surface area contributed by atoms with Gasteiger partial charge >= 0.3 is 0 Å². The van der Waals surface area contributed by atoms with Crippen LogP contribution in [0.2, 0.25) is 0 Å². The van der Waals surface area contributed by atoms with E-state index in [-0.39, 0.29) is 17.3 Å². The Kier molecular flexibility index (Phi) is 8.28. The Morgan fingerprint density at radius 3 is 2.78 bits per heavy atom. The highest BCUT2D eigenvalue weighted by atomic mass is 32.2. The number of ether oxygens (including phenoxy) is 1. The number of hydrogen-bond donors (Lipinski definition) is 3. The van der Waals surface area contributed by atoms with Crippen molar-refractivity contribution in [3.63, 3.8) is 0 Å². The lowest BCUT2D eigenvalue weighted by molar-refractivity contribution is -0.123. The quantitative estimate of drug-likeness (QED) is 0.421. The Balaban J connectivity index is 1.87. The van der Waals surface area contributed by atoms with Gasteiger partial charge in [-0.1, -0.05) is 12.1 Å². The molecule has 1 amide bonds. The van der Waals surface area contributed by atoms with E-state index >= 15 is 0 Å². The van der Waals surface area contributed by atoms with E-state index in [1.54, 1.807) is 0 Å².